The minimum Gasteiger partial charge on any atom is -0.495 e. The molecule has 0 spiro atoms. The van der Waals surface area contributed by atoms with E-state index < -0.39 is 0 Å². The fourth-order valence-electron chi connectivity index (χ4n) is 3.43. The Balaban J connectivity index is 1.56. The van der Waals surface area contributed by atoms with Gasteiger partial charge >= 0.3 is 0 Å². The summed E-state index contributed by atoms with van der Waals surface area (Å²) >= 11 is 18.8. The minimum atomic E-state index is -0.206. The van der Waals surface area contributed by atoms with Crippen LogP contribution in [0.3, 0.4) is 0 Å². The Morgan fingerprint density at radius 1 is 0.971 bits per heavy atom. The SMILES string of the molecule is CCOc1cc(/C=C2/SC(=S)N(c3ccccc3OC)C2=O)ccc1OCc1ccc(Cl)c(Cl)c1. The van der Waals surface area contributed by atoms with Gasteiger partial charge in [0.2, 0.25) is 0 Å². The first-order valence-corrected chi connectivity index (χ1v) is 12.6. The van der Waals surface area contributed by atoms with E-state index in [0.29, 0.717) is 55.4 Å². The van der Waals surface area contributed by atoms with Gasteiger partial charge in [-0.05, 0) is 60.5 Å². The lowest BCUT2D eigenvalue weighted by Crippen LogP contribution is -2.27. The molecule has 3 aromatic rings. The van der Waals surface area contributed by atoms with Gasteiger partial charge in [0.1, 0.15) is 12.4 Å². The number of hydrogen-bond donors (Lipinski definition) is 0. The lowest BCUT2D eigenvalue weighted by Gasteiger charge is -2.17. The first-order valence-electron chi connectivity index (χ1n) is 10.7. The molecule has 1 saturated heterocycles. The van der Waals surface area contributed by atoms with Gasteiger partial charge in [-0.25, -0.2) is 0 Å². The molecular weight excluding hydrogens is 525 g/mol. The number of thioether (sulfide) groups is 1. The Labute approximate surface area is 223 Å². The first-order chi connectivity index (χ1) is 16.9. The number of anilines is 1. The number of benzene rings is 3. The maximum absolute atomic E-state index is 13.2. The molecule has 3 aromatic carbocycles. The third-order valence-electron chi connectivity index (χ3n) is 5.06. The molecule has 1 amide bonds. The molecule has 0 aliphatic carbocycles. The van der Waals surface area contributed by atoms with Crippen LogP contribution in [0, 0.1) is 0 Å². The van der Waals surface area contributed by atoms with Crippen molar-refractivity contribution in [3.05, 3.63) is 86.7 Å². The highest BCUT2D eigenvalue weighted by Gasteiger charge is 2.34. The summed E-state index contributed by atoms with van der Waals surface area (Å²) in [6.45, 7) is 2.66. The number of para-hydroxylation sites is 2. The smallest absolute Gasteiger partial charge is 0.270 e. The van der Waals surface area contributed by atoms with Gasteiger partial charge in [0.25, 0.3) is 5.91 Å². The number of carbonyl (C=O) groups is 1. The van der Waals surface area contributed by atoms with Gasteiger partial charge in [0.15, 0.2) is 15.8 Å². The topological polar surface area (TPSA) is 48.0 Å². The van der Waals surface area contributed by atoms with Gasteiger partial charge in [-0.15, -0.1) is 0 Å². The molecule has 1 fully saturated rings. The van der Waals surface area contributed by atoms with E-state index in [9.17, 15) is 4.79 Å². The number of amides is 1. The molecule has 0 saturated carbocycles. The molecule has 1 aliphatic rings. The fraction of sp³-hybridized carbons (Fsp3) is 0.154. The molecule has 0 atom stereocenters. The van der Waals surface area contributed by atoms with E-state index >= 15 is 0 Å². The summed E-state index contributed by atoms with van der Waals surface area (Å²) < 4.78 is 17.6. The molecular formula is C26H21Cl2NO4S2. The lowest BCUT2D eigenvalue weighted by molar-refractivity contribution is -0.113. The molecule has 4 rings (SSSR count). The number of halogens is 2. The van der Waals surface area contributed by atoms with Crippen molar-refractivity contribution in [2.45, 2.75) is 13.5 Å². The van der Waals surface area contributed by atoms with Crippen LogP contribution in [-0.4, -0.2) is 23.9 Å². The predicted molar refractivity (Wildman–Crippen MR) is 147 cm³/mol. The molecule has 1 heterocycles. The monoisotopic (exact) mass is 545 g/mol. The maximum Gasteiger partial charge on any atom is 0.270 e. The van der Waals surface area contributed by atoms with Gasteiger partial charge in [-0.3, -0.25) is 9.69 Å². The number of ether oxygens (including phenoxy) is 3. The standard InChI is InChI=1S/C26H21Cl2NO4S2/c1-3-32-23-13-16(9-11-22(23)33-15-17-8-10-18(27)19(28)12-17)14-24-25(30)29(26(34)35-24)20-6-4-5-7-21(20)31-2/h4-14H,3,15H2,1-2H3/b24-14+. The molecule has 0 N–H and O–H groups in total. The van der Waals surface area contributed by atoms with E-state index in [0.717, 1.165) is 11.1 Å². The number of hydrogen-bond acceptors (Lipinski definition) is 6. The number of carbonyl (C=O) groups excluding carboxylic acids is 1. The summed E-state index contributed by atoms with van der Waals surface area (Å²) in [6, 6.07) is 18.1. The third kappa shape index (κ3) is 5.76. The zero-order valence-electron chi connectivity index (χ0n) is 18.9. The van der Waals surface area contributed by atoms with Crippen LogP contribution in [0.4, 0.5) is 5.69 Å². The minimum absolute atomic E-state index is 0.206. The van der Waals surface area contributed by atoms with Crippen molar-refractivity contribution in [3.63, 3.8) is 0 Å². The van der Waals surface area contributed by atoms with Crippen molar-refractivity contribution >= 4 is 69.2 Å². The van der Waals surface area contributed by atoms with E-state index in [1.807, 2.05) is 43.3 Å². The highest BCUT2D eigenvalue weighted by Crippen LogP contribution is 2.40. The fourth-order valence-corrected chi connectivity index (χ4v) is 5.04. The number of rotatable bonds is 8. The second-order valence-corrected chi connectivity index (χ2v) is 9.86. The molecule has 5 nitrogen and oxygen atoms in total. The van der Waals surface area contributed by atoms with Crippen LogP contribution in [-0.2, 0) is 11.4 Å². The number of nitrogens with zero attached hydrogens (tertiary/aromatic N) is 1. The summed E-state index contributed by atoms with van der Waals surface area (Å²) in [6.07, 6.45) is 1.79. The molecule has 9 heteroatoms. The first kappa shape index (κ1) is 25.4. The van der Waals surface area contributed by atoms with E-state index in [2.05, 4.69) is 0 Å². The van der Waals surface area contributed by atoms with Gasteiger partial charge in [0, 0.05) is 0 Å². The van der Waals surface area contributed by atoms with Gasteiger partial charge in [0.05, 0.1) is 34.4 Å². The number of thiocarbonyl (C=S) groups is 1. The van der Waals surface area contributed by atoms with Gasteiger partial charge < -0.3 is 14.2 Å². The van der Waals surface area contributed by atoms with Crippen LogP contribution < -0.4 is 19.1 Å². The van der Waals surface area contributed by atoms with Crippen molar-refractivity contribution in [3.8, 4) is 17.2 Å². The van der Waals surface area contributed by atoms with Crippen LogP contribution in [0.15, 0.2) is 65.6 Å². The van der Waals surface area contributed by atoms with Crippen LogP contribution in [0.1, 0.15) is 18.1 Å². The summed E-state index contributed by atoms with van der Waals surface area (Å²) in [4.78, 5) is 15.2. The predicted octanol–water partition coefficient (Wildman–Crippen LogP) is 7.39. The zero-order valence-corrected chi connectivity index (χ0v) is 22.1. The average Bonchev–Trinajstić information content (AvgIpc) is 3.13. The van der Waals surface area contributed by atoms with Crippen molar-refractivity contribution < 1.29 is 19.0 Å². The summed E-state index contributed by atoms with van der Waals surface area (Å²) in [5.41, 5.74) is 2.28. The van der Waals surface area contributed by atoms with Crippen molar-refractivity contribution in [2.24, 2.45) is 0 Å². The highest BCUT2D eigenvalue weighted by molar-refractivity contribution is 8.27. The van der Waals surface area contributed by atoms with Gasteiger partial charge in [-0.2, -0.15) is 0 Å². The molecule has 1 aliphatic heterocycles. The second kappa shape index (κ2) is 11.4. The molecule has 0 aromatic heterocycles. The molecule has 35 heavy (non-hydrogen) atoms. The summed E-state index contributed by atoms with van der Waals surface area (Å²) in [7, 11) is 1.56. The van der Waals surface area contributed by atoms with Crippen LogP contribution in [0.25, 0.3) is 6.08 Å². The molecule has 0 unspecified atom stereocenters. The largest absolute Gasteiger partial charge is 0.495 e. The Morgan fingerprint density at radius 2 is 1.77 bits per heavy atom. The summed E-state index contributed by atoms with van der Waals surface area (Å²) in [5, 5.41) is 0.962. The highest BCUT2D eigenvalue weighted by atomic mass is 35.5. The normalized spacial score (nSPS) is 14.5. The van der Waals surface area contributed by atoms with E-state index in [1.54, 1.807) is 37.5 Å². The third-order valence-corrected chi connectivity index (χ3v) is 7.10. The van der Waals surface area contributed by atoms with E-state index in [4.69, 9.17) is 49.6 Å². The van der Waals surface area contributed by atoms with Crippen LogP contribution in [0.5, 0.6) is 17.2 Å². The Morgan fingerprint density at radius 3 is 2.51 bits per heavy atom. The Kier molecular flexibility index (Phi) is 8.23. The van der Waals surface area contributed by atoms with Crippen LogP contribution in [0.2, 0.25) is 10.0 Å². The van der Waals surface area contributed by atoms with Gasteiger partial charge in [-0.1, -0.05) is 71.4 Å². The second-order valence-electron chi connectivity index (χ2n) is 7.37. The Hall–Kier alpha value is -2.71. The van der Waals surface area contributed by atoms with E-state index in [-0.39, 0.29) is 5.91 Å². The quantitative estimate of drug-likeness (QED) is 0.217. The van der Waals surface area contributed by atoms with Crippen molar-refractivity contribution in [1.29, 1.82) is 0 Å². The van der Waals surface area contributed by atoms with Crippen molar-refractivity contribution in [1.82, 2.24) is 0 Å². The molecule has 0 bridgehead atoms. The lowest BCUT2D eigenvalue weighted by atomic mass is 10.1. The maximum atomic E-state index is 13.2. The van der Waals surface area contributed by atoms with Crippen LogP contribution >= 0.6 is 47.2 Å². The summed E-state index contributed by atoms with van der Waals surface area (Å²) in [5.74, 6) is 1.52. The Bertz CT molecular complexity index is 1310. The molecule has 0 radical (unpaired) electrons. The zero-order chi connectivity index (χ0) is 24.9. The molecule has 180 valence electrons. The van der Waals surface area contributed by atoms with Crippen molar-refractivity contribution in [2.75, 3.05) is 18.6 Å². The average molecular weight is 546 g/mol. The van der Waals surface area contributed by atoms with E-state index in [1.165, 1.54) is 16.7 Å². The number of methoxy groups -OCH3 is 1.